The van der Waals surface area contributed by atoms with Crippen molar-refractivity contribution in [3.05, 3.63) is 16.7 Å². The number of halogens is 1. The molecule has 0 saturated heterocycles. The lowest BCUT2D eigenvalue weighted by Crippen LogP contribution is -2.05. The third-order valence-corrected chi connectivity index (χ3v) is 1.93. The summed E-state index contributed by atoms with van der Waals surface area (Å²) in [4.78, 5) is 7.37. The summed E-state index contributed by atoms with van der Waals surface area (Å²) < 4.78 is 0. The number of nitrogens with zero attached hydrogens (tertiary/aromatic N) is 1. The molecule has 0 amide bonds. The minimum Gasteiger partial charge on any atom is -0.344 e. The van der Waals surface area contributed by atoms with E-state index in [1.54, 1.807) is 0 Å². The summed E-state index contributed by atoms with van der Waals surface area (Å²) in [5.74, 6) is 0.979. The van der Waals surface area contributed by atoms with Crippen LogP contribution in [0.25, 0.3) is 0 Å². The quantitative estimate of drug-likeness (QED) is 0.754. The van der Waals surface area contributed by atoms with Gasteiger partial charge in [0.25, 0.3) is 0 Å². The molecule has 3 nitrogen and oxygen atoms in total. The largest absolute Gasteiger partial charge is 0.344 e. The molecule has 1 rings (SSSR count). The van der Waals surface area contributed by atoms with Crippen molar-refractivity contribution in [3.8, 4) is 0 Å². The molecule has 4 heteroatoms. The Bertz CT molecular complexity index is 244. The summed E-state index contributed by atoms with van der Waals surface area (Å²) >= 11 is 5.88. The number of imidazole rings is 1. The normalized spacial score (nSPS) is 10.6. The van der Waals surface area contributed by atoms with Crippen LogP contribution in [0.4, 0.5) is 0 Å². The van der Waals surface area contributed by atoms with Crippen LogP contribution < -0.4 is 5.32 Å². The van der Waals surface area contributed by atoms with E-state index in [-0.39, 0.29) is 0 Å². The lowest BCUT2D eigenvalue weighted by atomic mass is 10.3. The maximum Gasteiger partial charge on any atom is 0.151 e. The lowest BCUT2D eigenvalue weighted by molar-refractivity contribution is 0.785. The number of hydrogen-bond donors (Lipinski definition) is 2. The van der Waals surface area contributed by atoms with Crippen LogP contribution in [-0.4, -0.2) is 17.0 Å². The molecule has 0 aliphatic carbocycles. The van der Waals surface area contributed by atoms with E-state index in [4.69, 9.17) is 11.6 Å². The Morgan fingerprint density at radius 1 is 1.58 bits per heavy atom. The maximum absolute atomic E-state index is 5.88. The third-order valence-electron chi connectivity index (χ3n) is 1.62. The first-order valence-corrected chi connectivity index (χ1v) is 4.53. The van der Waals surface area contributed by atoms with E-state index < -0.39 is 0 Å². The van der Waals surface area contributed by atoms with Crippen LogP contribution in [0.1, 0.15) is 24.9 Å². The standard InChI is InChI=1S/C8H14ClN3/c1-3-4-7-11-6(5-10-2)8(9)12-7/h10H,3-5H2,1-2H3,(H,11,12). The van der Waals surface area contributed by atoms with Gasteiger partial charge in [0.2, 0.25) is 0 Å². The van der Waals surface area contributed by atoms with E-state index in [0.29, 0.717) is 5.15 Å². The van der Waals surface area contributed by atoms with Gasteiger partial charge < -0.3 is 10.3 Å². The van der Waals surface area contributed by atoms with Crippen molar-refractivity contribution >= 4 is 11.6 Å². The molecule has 1 heterocycles. The van der Waals surface area contributed by atoms with Gasteiger partial charge in [-0.05, 0) is 13.5 Å². The fourth-order valence-corrected chi connectivity index (χ4v) is 1.30. The topological polar surface area (TPSA) is 40.7 Å². The van der Waals surface area contributed by atoms with Crippen molar-refractivity contribution in [3.63, 3.8) is 0 Å². The van der Waals surface area contributed by atoms with Crippen LogP contribution in [0.5, 0.6) is 0 Å². The third kappa shape index (κ3) is 2.22. The van der Waals surface area contributed by atoms with Crippen molar-refractivity contribution in [2.75, 3.05) is 7.05 Å². The van der Waals surface area contributed by atoms with Crippen LogP contribution in [0, 0.1) is 0 Å². The summed E-state index contributed by atoms with van der Waals surface area (Å²) in [6, 6.07) is 0. The van der Waals surface area contributed by atoms with Gasteiger partial charge in [-0.1, -0.05) is 18.5 Å². The van der Waals surface area contributed by atoms with Gasteiger partial charge in [0, 0.05) is 13.0 Å². The fraction of sp³-hybridized carbons (Fsp3) is 0.625. The van der Waals surface area contributed by atoms with Crippen molar-refractivity contribution in [1.29, 1.82) is 0 Å². The average Bonchev–Trinajstić information content (AvgIpc) is 2.34. The Kier molecular flexibility index (Phi) is 3.56. The van der Waals surface area contributed by atoms with E-state index in [0.717, 1.165) is 30.9 Å². The lowest BCUT2D eigenvalue weighted by Gasteiger charge is -1.94. The molecule has 0 fully saturated rings. The minimum atomic E-state index is 0.591. The molecule has 0 spiro atoms. The SMILES string of the molecule is CCCc1nc(Cl)c(CNC)[nH]1. The van der Waals surface area contributed by atoms with Crippen LogP contribution in [0.2, 0.25) is 5.15 Å². The van der Waals surface area contributed by atoms with Gasteiger partial charge in [0.15, 0.2) is 5.15 Å². The smallest absolute Gasteiger partial charge is 0.151 e. The predicted octanol–water partition coefficient (Wildman–Crippen LogP) is 1.74. The van der Waals surface area contributed by atoms with Gasteiger partial charge >= 0.3 is 0 Å². The highest BCUT2D eigenvalue weighted by atomic mass is 35.5. The molecule has 1 aromatic heterocycles. The number of H-pyrrole nitrogens is 1. The minimum absolute atomic E-state index is 0.591. The molecule has 0 atom stereocenters. The van der Waals surface area contributed by atoms with Gasteiger partial charge in [-0.25, -0.2) is 4.98 Å². The fourth-order valence-electron chi connectivity index (χ4n) is 1.09. The molecule has 0 unspecified atom stereocenters. The molecular formula is C8H14ClN3. The molecule has 2 N–H and O–H groups in total. The summed E-state index contributed by atoms with van der Waals surface area (Å²) in [5, 5.41) is 3.62. The second-order valence-corrected chi connectivity index (χ2v) is 3.09. The van der Waals surface area contributed by atoms with Crippen molar-refractivity contribution in [2.45, 2.75) is 26.3 Å². The first kappa shape index (κ1) is 9.55. The first-order chi connectivity index (χ1) is 5.77. The zero-order valence-corrected chi connectivity index (χ0v) is 8.20. The van der Waals surface area contributed by atoms with E-state index in [2.05, 4.69) is 22.2 Å². The monoisotopic (exact) mass is 187 g/mol. The predicted molar refractivity (Wildman–Crippen MR) is 50.4 cm³/mol. The Morgan fingerprint density at radius 2 is 2.33 bits per heavy atom. The van der Waals surface area contributed by atoms with E-state index >= 15 is 0 Å². The van der Waals surface area contributed by atoms with Gasteiger partial charge in [-0.15, -0.1) is 0 Å². The number of nitrogens with one attached hydrogen (secondary N) is 2. The summed E-state index contributed by atoms with van der Waals surface area (Å²) in [6.07, 6.45) is 2.05. The first-order valence-electron chi connectivity index (χ1n) is 4.15. The van der Waals surface area contributed by atoms with Crippen LogP contribution in [-0.2, 0) is 13.0 Å². The molecule has 68 valence electrons. The Balaban J connectivity index is 2.70. The molecule has 0 aliphatic heterocycles. The van der Waals surface area contributed by atoms with Crippen molar-refractivity contribution in [1.82, 2.24) is 15.3 Å². The van der Waals surface area contributed by atoms with Gasteiger partial charge in [0.05, 0.1) is 5.69 Å². The molecule has 0 bridgehead atoms. The summed E-state index contributed by atoms with van der Waals surface area (Å²) in [6.45, 7) is 2.86. The molecule has 0 radical (unpaired) electrons. The van der Waals surface area contributed by atoms with Crippen molar-refractivity contribution < 1.29 is 0 Å². The van der Waals surface area contributed by atoms with Crippen molar-refractivity contribution in [2.24, 2.45) is 0 Å². The average molecular weight is 188 g/mol. The van der Waals surface area contributed by atoms with Crippen LogP contribution in [0.15, 0.2) is 0 Å². The second-order valence-electron chi connectivity index (χ2n) is 2.73. The highest BCUT2D eigenvalue weighted by molar-refractivity contribution is 6.30. The molecular weight excluding hydrogens is 174 g/mol. The Hall–Kier alpha value is -0.540. The highest BCUT2D eigenvalue weighted by Gasteiger charge is 2.05. The van der Waals surface area contributed by atoms with Gasteiger partial charge in [0.1, 0.15) is 5.82 Å². The molecule has 0 aromatic carbocycles. The molecule has 0 aliphatic rings. The molecule has 0 saturated carbocycles. The molecule has 1 aromatic rings. The maximum atomic E-state index is 5.88. The molecule has 12 heavy (non-hydrogen) atoms. The Labute approximate surface area is 77.5 Å². The van der Waals surface area contributed by atoms with Crippen LogP contribution in [0.3, 0.4) is 0 Å². The van der Waals surface area contributed by atoms with Crippen LogP contribution >= 0.6 is 11.6 Å². The second kappa shape index (κ2) is 4.48. The zero-order valence-electron chi connectivity index (χ0n) is 7.45. The number of aryl methyl sites for hydroxylation is 1. The number of aromatic nitrogens is 2. The Morgan fingerprint density at radius 3 is 2.92 bits per heavy atom. The van der Waals surface area contributed by atoms with E-state index in [1.807, 2.05) is 7.05 Å². The summed E-state index contributed by atoms with van der Waals surface area (Å²) in [5.41, 5.74) is 0.975. The summed E-state index contributed by atoms with van der Waals surface area (Å²) in [7, 11) is 1.89. The number of hydrogen-bond acceptors (Lipinski definition) is 2. The number of rotatable bonds is 4. The zero-order chi connectivity index (χ0) is 8.97. The highest BCUT2D eigenvalue weighted by Crippen LogP contribution is 2.12. The van der Waals surface area contributed by atoms with E-state index in [1.165, 1.54) is 0 Å². The van der Waals surface area contributed by atoms with Gasteiger partial charge in [-0.3, -0.25) is 0 Å². The van der Waals surface area contributed by atoms with E-state index in [9.17, 15) is 0 Å². The number of aromatic amines is 1. The van der Waals surface area contributed by atoms with Gasteiger partial charge in [-0.2, -0.15) is 0 Å².